The van der Waals surface area contributed by atoms with Gasteiger partial charge in [-0.05, 0) is 30.3 Å². The molecule has 2 aromatic carbocycles. The van der Waals surface area contributed by atoms with Gasteiger partial charge in [0.05, 0.1) is 12.9 Å². The number of allylic oxidation sites excluding steroid dienone is 1. The van der Waals surface area contributed by atoms with Crippen LogP contribution >= 0.6 is 11.8 Å². The molecule has 0 saturated heterocycles. The van der Waals surface area contributed by atoms with Crippen molar-refractivity contribution in [2.75, 3.05) is 12.9 Å². The van der Waals surface area contributed by atoms with E-state index >= 15 is 0 Å². The summed E-state index contributed by atoms with van der Waals surface area (Å²) in [5, 5.41) is 10.3. The number of carbonyl (C=O) groups is 1. The van der Waals surface area contributed by atoms with Gasteiger partial charge in [0.1, 0.15) is 5.75 Å². The Labute approximate surface area is 179 Å². The van der Waals surface area contributed by atoms with Gasteiger partial charge in [-0.2, -0.15) is 0 Å². The molecule has 0 amide bonds. The van der Waals surface area contributed by atoms with Crippen LogP contribution in [0.3, 0.4) is 0 Å². The van der Waals surface area contributed by atoms with Crippen LogP contribution in [0.5, 0.6) is 5.75 Å². The van der Waals surface area contributed by atoms with Gasteiger partial charge in [0.2, 0.25) is 0 Å². The normalized spacial score (nSPS) is 11.0. The summed E-state index contributed by atoms with van der Waals surface area (Å²) in [6.45, 7) is 4.40. The number of thioether (sulfide) groups is 1. The molecule has 0 aliphatic carbocycles. The Kier molecular flexibility index (Phi) is 5.72. The summed E-state index contributed by atoms with van der Waals surface area (Å²) in [5.41, 5.74) is 2.70. The molecule has 2 heterocycles. The van der Waals surface area contributed by atoms with Crippen LogP contribution in [0, 0.1) is 0 Å². The Bertz CT molecular complexity index is 1210. The van der Waals surface area contributed by atoms with Crippen molar-refractivity contribution in [1.29, 1.82) is 0 Å². The van der Waals surface area contributed by atoms with Crippen molar-refractivity contribution in [1.82, 2.24) is 19.3 Å². The Morgan fingerprint density at radius 2 is 1.93 bits per heavy atom. The van der Waals surface area contributed by atoms with Crippen molar-refractivity contribution < 1.29 is 9.53 Å². The number of carbonyl (C=O) groups excluding carboxylic acids is 1. The highest BCUT2D eigenvalue weighted by molar-refractivity contribution is 7.99. The zero-order valence-corrected chi connectivity index (χ0v) is 17.7. The molecular weight excluding hydrogens is 396 g/mol. The van der Waals surface area contributed by atoms with Crippen molar-refractivity contribution in [3.63, 3.8) is 0 Å². The molecule has 0 fully saturated rings. The second kappa shape index (κ2) is 8.59. The second-order valence-electron chi connectivity index (χ2n) is 6.82. The number of hydrogen-bond donors (Lipinski definition) is 0. The summed E-state index contributed by atoms with van der Waals surface area (Å²) < 4.78 is 9.17. The summed E-state index contributed by atoms with van der Waals surface area (Å²) in [7, 11) is 3.59. The standard InChI is InChI=1S/C23H22N4O2S/c1-4-13-27-22(16-9-11-17(29-3)12-10-16)24-25-23(27)30-15-21(28)19-14-26(2)20-8-6-5-7-18(19)20/h4-12,14H,1,13,15H2,2-3H3. The lowest BCUT2D eigenvalue weighted by molar-refractivity contribution is 0.102. The van der Waals surface area contributed by atoms with E-state index in [1.165, 1.54) is 11.8 Å². The third-order valence-electron chi connectivity index (χ3n) is 4.91. The molecule has 0 N–H and O–H groups in total. The van der Waals surface area contributed by atoms with E-state index in [4.69, 9.17) is 4.74 Å². The first-order chi connectivity index (χ1) is 14.6. The molecule has 4 aromatic rings. The van der Waals surface area contributed by atoms with Gasteiger partial charge in [0.25, 0.3) is 0 Å². The number of Topliss-reactive ketones (excluding diaryl/α,β-unsaturated/α-hetero) is 1. The molecular formula is C23H22N4O2S. The van der Waals surface area contributed by atoms with Crippen LogP contribution in [0.4, 0.5) is 0 Å². The summed E-state index contributed by atoms with van der Waals surface area (Å²) in [6.07, 6.45) is 3.69. The number of methoxy groups -OCH3 is 1. The van der Waals surface area contributed by atoms with Crippen LogP contribution in [0.2, 0.25) is 0 Å². The summed E-state index contributed by atoms with van der Waals surface area (Å²) >= 11 is 1.39. The predicted molar refractivity (Wildman–Crippen MR) is 120 cm³/mol. The fourth-order valence-electron chi connectivity index (χ4n) is 3.41. The van der Waals surface area contributed by atoms with Gasteiger partial charge in [-0.25, -0.2) is 0 Å². The second-order valence-corrected chi connectivity index (χ2v) is 7.76. The van der Waals surface area contributed by atoms with Gasteiger partial charge >= 0.3 is 0 Å². The van der Waals surface area contributed by atoms with E-state index in [9.17, 15) is 4.79 Å². The van der Waals surface area contributed by atoms with E-state index in [0.717, 1.165) is 33.6 Å². The average molecular weight is 419 g/mol. The van der Waals surface area contributed by atoms with E-state index in [2.05, 4.69) is 16.8 Å². The highest BCUT2D eigenvalue weighted by atomic mass is 32.2. The minimum Gasteiger partial charge on any atom is -0.497 e. The Morgan fingerprint density at radius 1 is 1.17 bits per heavy atom. The smallest absolute Gasteiger partial charge is 0.192 e. The zero-order chi connectivity index (χ0) is 21.1. The number of fused-ring (bicyclic) bond motifs is 1. The first-order valence-corrected chi connectivity index (χ1v) is 10.5. The van der Waals surface area contributed by atoms with Crippen molar-refractivity contribution in [3.05, 3.63) is 72.9 Å². The van der Waals surface area contributed by atoms with Gasteiger partial charge < -0.3 is 9.30 Å². The molecule has 30 heavy (non-hydrogen) atoms. The molecule has 0 unspecified atom stereocenters. The van der Waals surface area contributed by atoms with E-state index in [1.54, 1.807) is 13.2 Å². The summed E-state index contributed by atoms with van der Waals surface area (Å²) in [6, 6.07) is 15.6. The van der Waals surface area contributed by atoms with Crippen molar-refractivity contribution in [2.45, 2.75) is 11.7 Å². The third kappa shape index (κ3) is 3.76. The van der Waals surface area contributed by atoms with Crippen LogP contribution in [0.1, 0.15) is 10.4 Å². The Hall–Kier alpha value is -3.32. The number of rotatable bonds is 8. The minimum absolute atomic E-state index is 0.0657. The molecule has 0 aliphatic rings. The number of benzene rings is 2. The van der Waals surface area contributed by atoms with E-state index in [1.807, 2.05) is 70.9 Å². The molecule has 2 aromatic heterocycles. The Morgan fingerprint density at radius 3 is 2.67 bits per heavy atom. The first-order valence-electron chi connectivity index (χ1n) is 9.51. The van der Waals surface area contributed by atoms with Crippen LogP contribution in [-0.2, 0) is 13.6 Å². The maximum atomic E-state index is 12.9. The molecule has 0 atom stereocenters. The number of ketones is 1. The number of hydrogen-bond acceptors (Lipinski definition) is 5. The summed E-state index contributed by atoms with van der Waals surface area (Å²) in [4.78, 5) is 12.9. The van der Waals surface area contributed by atoms with Gasteiger partial charge in [-0.3, -0.25) is 9.36 Å². The monoisotopic (exact) mass is 418 g/mol. The minimum atomic E-state index is 0.0657. The lowest BCUT2D eigenvalue weighted by atomic mass is 10.1. The van der Waals surface area contributed by atoms with E-state index in [-0.39, 0.29) is 11.5 Å². The molecule has 0 saturated carbocycles. The molecule has 0 bridgehead atoms. The van der Waals surface area contributed by atoms with E-state index in [0.29, 0.717) is 11.7 Å². The van der Waals surface area contributed by atoms with Gasteiger partial charge in [-0.15, -0.1) is 16.8 Å². The molecule has 0 radical (unpaired) electrons. The largest absolute Gasteiger partial charge is 0.497 e. The number of aryl methyl sites for hydroxylation is 1. The fourth-order valence-corrected chi connectivity index (χ4v) is 4.25. The van der Waals surface area contributed by atoms with E-state index < -0.39 is 0 Å². The highest BCUT2D eigenvalue weighted by Gasteiger charge is 2.18. The molecule has 6 nitrogen and oxygen atoms in total. The first kappa shape index (κ1) is 20.0. The number of para-hydroxylation sites is 1. The SMILES string of the molecule is C=CCn1c(SCC(=O)c2cn(C)c3ccccc23)nnc1-c1ccc(OC)cc1. The van der Waals surface area contributed by atoms with Crippen molar-refractivity contribution in [2.24, 2.45) is 7.05 Å². The van der Waals surface area contributed by atoms with Crippen molar-refractivity contribution >= 4 is 28.4 Å². The van der Waals surface area contributed by atoms with Crippen LogP contribution in [0.25, 0.3) is 22.3 Å². The van der Waals surface area contributed by atoms with Crippen molar-refractivity contribution in [3.8, 4) is 17.1 Å². The third-order valence-corrected chi connectivity index (χ3v) is 5.87. The topological polar surface area (TPSA) is 61.9 Å². The van der Waals surface area contributed by atoms with Crippen LogP contribution in [0.15, 0.2) is 72.5 Å². The lowest BCUT2D eigenvalue weighted by Gasteiger charge is -2.08. The predicted octanol–water partition coefficient (Wildman–Crippen LogP) is 4.61. The maximum Gasteiger partial charge on any atom is 0.192 e. The number of ether oxygens (including phenoxy) is 1. The molecule has 0 spiro atoms. The number of aromatic nitrogens is 4. The maximum absolute atomic E-state index is 12.9. The quantitative estimate of drug-likeness (QED) is 0.238. The molecule has 0 aliphatic heterocycles. The van der Waals surface area contributed by atoms with Gasteiger partial charge in [0.15, 0.2) is 16.8 Å². The van der Waals surface area contributed by atoms with Crippen LogP contribution in [-0.4, -0.2) is 38.0 Å². The van der Waals surface area contributed by atoms with Crippen LogP contribution < -0.4 is 4.74 Å². The Balaban J connectivity index is 1.57. The molecule has 7 heteroatoms. The molecule has 4 rings (SSSR count). The lowest BCUT2D eigenvalue weighted by Crippen LogP contribution is -2.05. The zero-order valence-electron chi connectivity index (χ0n) is 16.9. The van der Waals surface area contributed by atoms with Gasteiger partial charge in [0, 0.05) is 41.8 Å². The van der Waals surface area contributed by atoms with Gasteiger partial charge in [-0.1, -0.05) is 36.0 Å². The number of nitrogens with zero attached hydrogens (tertiary/aromatic N) is 4. The fraction of sp³-hybridized carbons (Fsp3) is 0.174. The highest BCUT2D eigenvalue weighted by Crippen LogP contribution is 2.27. The summed E-state index contributed by atoms with van der Waals surface area (Å²) in [5.74, 6) is 1.86. The average Bonchev–Trinajstić information content (AvgIpc) is 3.34. The molecule has 152 valence electrons.